The molecule has 1 amide bonds. The summed E-state index contributed by atoms with van der Waals surface area (Å²) in [6.45, 7) is 5.58. The standard InChI is InChI=1S/C33H41N3O3.C3H8O/c1-22-31(38-2)18-17-29(34-22)24-13-11-23(12-14-24)20-36(33(37)26-7-4-3-5-8-26)28-10-6-9-27(19-28)30-21-39-32(35-30)25-15-16-25;1-3-4-2/h6,9-10,17-19,21,23-26H,3-5,7-8,11-16,20H2,1-2H3;3H2,1-2H3. The fourth-order valence-electron chi connectivity index (χ4n) is 6.57. The van der Waals surface area contributed by atoms with Gasteiger partial charge in [-0.1, -0.05) is 31.4 Å². The van der Waals surface area contributed by atoms with Gasteiger partial charge in [-0.15, -0.1) is 0 Å². The molecule has 7 nitrogen and oxygen atoms in total. The van der Waals surface area contributed by atoms with Crippen LogP contribution >= 0.6 is 0 Å². The maximum Gasteiger partial charge on any atom is 0.230 e. The summed E-state index contributed by atoms with van der Waals surface area (Å²) in [5, 5.41) is 0. The maximum absolute atomic E-state index is 14.0. The van der Waals surface area contributed by atoms with E-state index in [9.17, 15) is 4.79 Å². The number of carbonyl (C=O) groups excluding carboxylic acids is 1. The summed E-state index contributed by atoms with van der Waals surface area (Å²) in [5.41, 5.74) is 5.01. The van der Waals surface area contributed by atoms with E-state index in [0.717, 1.165) is 98.8 Å². The van der Waals surface area contributed by atoms with E-state index >= 15 is 0 Å². The van der Waals surface area contributed by atoms with Crippen LogP contribution in [0.3, 0.4) is 0 Å². The van der Waals surface area contributed by atoms with Crippen molar-refractivity contribution in [3.8, 4) is 17.0 Å². The Labute approximate surface area is 257 Å². The lowest BCUT2D eigenvalue weighted by molar-refractivity contribution is -0.123. The lowest BCUT2D eigenvalue weighted by atomic mass is 9.79. The monoisotopic (exact) mass is 587 g/mol. The van der Waals surface area contributed by atoms with Gasteiger partial charge in [-0.05, 0) is 95.4 Å². The Hall–Kier alpha value is -3.19. The Bertz CT molecular complexity index is 1320. The highest BCUT2D eigenvalue weighted by atomic mass is 16.5. The lowest BCUT2D eigenvalue weighted by Gasteiger charge is -2.35. The van der Waals surface area contributed by atoms with Crippen LogP contribution in [-0.4, -0.2) is 43.2 Å². The van der Waals surface area contributed by atoms with Gasteiger partial charge in [-0.3, -0.25) is 9.78 Å². The molecule has 6 rings (SSSR count). The zero-order chi connectivity index (χ0) is 30.2. The quantitative estimate of drug-likeness (QED) is 0.250. The van der Waals surface area contributed by atoms with E-state index in [2.05, 4.69) is 40.0 Å². The number of hydrogen-bond donors (Lipinski definition) is 0. The summed E-state index contributed by atoms with van der Waals surface area (Å²) in [4.78, 5) is 25.7. The number of anilines is 1. The first-order chi connectivity index (χ1) is 21.0. The number of carbonyl (C=O) groups is 1. The van der Waals surface area contributed by atoms with Crippen molar-refractivity contribution in [3.05, 3.63) is 59.9 Å². The molecule has 0 atom stereocenters. The third kappa shape index (κ3) is 8.05. The highest BCUT2D eigenvalue weighted by Gasteiger charge is 2.32. The second-order valence-electron chi connectivity index (χ2n) is 12.5. The largest absolute Gasteiger partial charge is 0.495 e. The highest BCUT2D eigenvalue weighted by Crippen LogP contribution is 2.41. The van der Waals surface area contributed by atoms with Crippen LogP contribution in [0.4, 0.5) is 5.69 Å². The van der Waals surface area contributed by atoms with E-state index in [4.69, 9.17) is 19.1 Å². The molecule has 0 aliphatic heterocycles. The smallest absolute Gasteiger partial charge is 0.230 e. The fourth-order valence-corrected chi connectivity index (χ4v) is 6.57. The molecule has 1 aromatic carbocycles. The van der Waals surface area contributed by atoms with Gasteiger partial charge in [0.15, 0.2) is 5.89 Å². The Morgan fingerprint density at radius 1 is 0.930 bits per heavy atom. The first-order valence-corrected chi connectivity index (χ1v) is 16.4. The molecule has 43 heavy (non-hydrogen) atoms. The van der Waals surface area contributed by atoms with Gasteiger partial charge in [0.2, 0.25) is 5.91 Å². The van der Waals surface area contributed by atoms with Gasteiger partial charge in [0.05, 0.1) is 12.8 Å². The van der Waals surface area contributed by atoms with Gasteiger partial charge in [0, 0.05) is 55.0 Å². The van der Waals surface area contributed by atoms with Crippen molar-refractivity contribution in [1.29, 1.82) is 0 Å². The number of ether oxygens (including phenoxy) is 2. The van der Waals surface area contributed by atoms with Crippen LogP contribution in [0.25, 0.3) is 11.3 Å². The van der Waals surface area contributed by atoms with Crippen LogP contribution in [0.5, 0.6) is 5.75 Å². The molecular weight excluding hydrogens is 538 g/mol. The van der Waals surface area contributed by atoms with Gasteiger partial charge in [0.1, 0.15) is 17.7 Å². The first-order valence-electron chi connectivity index (χ1n) is 16.4. The number of methoxy groups -OCH3 is 2. The molecule has 3 fully saturated rings. The molecule has 3 saturated carbocycles. The summed E-state index contributed by atoms with van der Waals surface area (Å²) in [7, 11) is 3.38. The van der Waals surface area contributed by atoms with Crippen molar-refractivity contribution in [2.45, 2.75) is 96.3 Å². The second kappa shape index (κ2) is 15.0. The molecule has 0 spiro atoms. The summed E-state index contributed by atoms with van der Waals surface area (Å²) < 4.78 is 15.7. The number of aromatic nitrogens is 2. The molecule has 0 radical (unpaired) electrons. The molecule has 3 aliphatic rings. The van der Waals surface area contributed by atoms with E-state index < -0.39 is 0 Å². The Balaban J connectivity index is 0.000000868. The molecule has 0 unspecified atom stereocenters. The van der Waals surface area contributed by atoms with Crippen molar-refractivity contribution in [3.63, 3.8) is 0 Å². The highest BCUT2D eigenvalue weighted by molar-refractivity contribution is 5.95. The first kappa shape index (κ1) is 31.2. The molecule has 232 valence electrons. The van der Waals surface area contributed by atoms with Gasteiger partial charge in [-0.25, -0.2) is 4.98 Å². The number of nitrogens with zero attached hydrogens (tertiary/aromatic N) is 3. The summed E-state index contributed by atoms with van der Waals surface area (Å²) >= 11 is 0. The normalized spacial score (nSPS) is 20.7. The van der Waals surface area contributed by atoms with Crippen LogP contribution in [0.1, 0.15) is 107 Å². The average Bonchev–Trinajstić information content (AvgIpc) is 3.80. The van der Waals surface area contributed by atoms with Crippen LogP contribution < -0.4 is 9.64 Å². The van der Waals surface area contributed by atoms with Crippen LogP contribution in [0, 0.1) is 18.8 Å². The maximum atomic E-state index is 14.0. The minimum Gasteiger partial charge on any atom is -0.495 e. The van der Waals surface area contributed by atoms with Gasteiger partial charge in [-0.2, -0.15) is 0 Å². The third-order valence-electron chi connectivity index (χ3n) is 9.40. The Morgan fingerprint density at radius 2 is 1.65 bits per heavy atom. The number of rotatable bonds is 9. The number of amides is 1. The van der Waals surface area contributed by atoms with E-state index in [1.807, 2.05) is 19.9 Å². The Kier molecular flexibility index (Phi) is 10.9. The molecule has 0 N–H and O–H groups in total. The minimum atomic E-state index is 0.138. The molecular formula is C36H49N3O4. The fraction of sp³-hybridized carbons (Fsp3) is 0.583. The number of pyridine rings is 1. The molecule has 2 heterocycles. The number of oxazole rings is 1. The van der Waals surface area contributed by atoms with Crippen molar-refractivity contribution in [1.82, 2.24) is 9.97 Å². The van der Waals surface area contributed by atoms with Crippen LogP contribution in [0.15, 0.2) is 47.1 Å². The van der Waals surface area contributed by atoms with E-state index in [0.29, 0.717) is 23.7 Å². The molecule has 0 saturated heterocycles. The molecule has 0 bridgehead atoms. The summed E-state index contributed by atoms with van der Waals surface area (Å²) in [5.74, 6) is 3.59. The van der Waals surface area contributed by atoms with Crippen molar-refractivity contribution in [2.75, 3.05) is 32.3 Å². The van der Waals surface area contributed by atoms with E-state index in [-0.39, 0.29) is 5.92 Å². The van der Waals surface area contributed by atoms with Crippen molar-refractivity contribution >= 4 is 11.6 Å². The zero-order valence-electron chi connectivity index (χ0n) is 26.5. The van der Waals surface area contributed by atoms with Crippen LogP contribution in [0.2, 0.25) is 0 Å². The predicted octanol–water partition coefficient (Wildman–Crippen LogP) is 8.47. The number of benzene rings is 1. The van der Waals surface area contributed by atoms with Crippen molar-refractivity contribution in [2.24, 2.45) is 11.8 Å². The number of aryl methyl sites for hydroxylation is 1. The lowest BCUT2D eigenvalue weighted by Crippen LogP contribution is -2.41. The topological polar surface area (TPSA) is 77.7 Å². The summed E-state index contributed by atoms with van der Waals surface area (Å²) in [6.07, 6.45) is 14.1. The summed E-state index contributed by atoms with van der Waals surface area (Å²) in [6, 6.07) is 12.6. The SMILES string of the molecule is CCOC.COc1ccc(C2CCC(CN(C(=O)C3CCCCC3)c3cccc(-c4coc(C5CC5)n4)c3)CC2)nc1C. The molecule has 3 aromatic rings. The molecule has 3 aliphatic carbocycles. The van der Waals surface area contributed by atoms with E-state index in [1.165, 1.54) is 25.0 Å². The average molecular weight is 588 g/mol. The molecule has 7 heteroatoms. The van der Waals surface area contributed by atoms with Gasteiger partial charge >= 0.3 is 0 Å². The third-order valence-corrected chi connectivity index (χ3v) is 9.40. The minimum absolute atomic E-state index is 0.138. The second-order valence-corrected chi connectivity index (χ2v) is 12.5. The van der Waals surface area contributed by atoms with Crippen molar-refractivity contribution < 1.29 is 18.7 Å². The number of hydrogen-bond acceptors (Lipinski definition) is 6. The Morgan fingerprint density at radius 3 is 2.30 bits per heavy atom. The predicted molar refractivity (Wildman–Crippen MR) is 171 cm³/mol. The van der Waals surface area contributed by atoms with Gasteiger partial charge in [0.25, 0.3) is 0 Å². The van der Waals surface area contributed by atoms with E-state index in [1.54, 1.807) is 20.5 Å². The van der Waals surface area contributed by atoms with Gasteiger partial charge < -0.3 is 18.8 Å². The zero-order valence-corrected chi connectivity index (χ0v) is 26.5. The molecule has 2 aromatic heterocycles. The van der Waals surface area contributed by atoms with Crippen LogP contribution in [-0.2, 0) is 9.53 Å².